The van der Waals surface area contributed by atoms with Crippen LogP contribution in [0.5, 0.6) is 0 Å². The summed E-state index contributed by atoms with van der Waals surface area (Å²) in [4.78, 5) is 2.44. The van der Waals surface area contributed by atoms with Crippen molar-refractivity contribution in [2.75, 3.05) is 18.0 Å². The van der Waals surface area contributed by atoms with Crippen molar-refractivity contribution in [1.82, 2.24) is 0 Å². The lowest BCUT2D eigenvalue weighted by atomic mass is 10.0. The zero-order valence-electron chi connectivity index (χ0n) is 9.66. The topological polar surface area (TPSA) is 29.0 Å². The molecular formula is C13H20N2. The highest BCUT2D eigenvalue weighted by Crippen LogP contribution is 2.34. The molecule has 0 aromatic heterocycles. The number of hydrogen-bond donors (Lipinski definition) is 1. The summed E-state index contributed by atoms with van der Waals surface area (Å²) in [6, 6.07) is 7.23. The number of aryl methyl sites for hydroxylation is 2. The summed E-state index contributed by atoms with van der Waals surface area (Å²) in [5.41, 5.74) is 10.1. The second-order valence-corrected chi connectivity index (χ2v) is 4.17. The standard InChI is InChI=1S/C13H20N2/c1-3-10-6-5-7-11(4-2)13(10)15-9-12(15)8-14/h5-7,12H,3-4,8-9,14H2,1-2H3. The SMILES string of the molecule is CCc1cccc(CC)c1N1CC1CN. The van der Waals surface area contributed by atoms with E-state index in [1.807, 2.05) is 0 Å². The molecule has 1 aromatic rings. The van der Waals surface area contributed by atoms with Gasteiger partial charge in [-0.1, -0.05) is 32.0 Å². The maximum absolute atomic E-state index is 5.70. The zero-order valence-corrected chi connectivity index (χ0v) is 9.66. The number of rotatable bonds is 4. The third-order valence-electron chi connectivity index (χ3n) is 3.24. The van der Waals surface area contributed by atoms with E-state index in [-0.39, 0.29) is 0 Å². The molecule has 1 aliphatic heterocycles. The Labute approximate surface area is 92.1 Å². The molecular weight excluding hydrogens is 184 g/mol. The van der Waals surface area contributed by atoms with E-state index in [4.69, 9.17) is 5.73 Å². The van der Waals surface area contributed by atoms with E-state index in [0.717, 1.165) is 25.9 Å². The van der Waals surface area contributed by atoms with Crippen molar-refractivity contribution in [3.8, 4) is 0 Å². The number of hydrogen-bond acceptors (Lipinski definition) is 2. The summed E-state index contributed by atoms with van der Waals surface area (Å²) in [7, 11) is 0. The number of nitrogens with two attached hydrogens (primary N) is 1. The van der Waals surface area contributed by atoms with E-state index in [1.165, 1.54) is 16.8 Å². The Hall–Kier alpha value is -1.02. The summed E-state index contributed by atoms with van der Waals surface area (Å²) in [5.74, 6) is 0. The Morgan fingerprint density at radius 3 is 2.27 bits per heavy atom. The first kappa shape index (κ1) is 10.5. The molecule has 2 nitrogen and oxygen atoms in total. The molecule has 2 heteroatoms. The van der Waals surface area contributed by atoms with E-state index in [1.54, 1.807) is 0 Å². The zero-order chi connectivity index (χ0) is 10.8. The number of anilines is 1. The second-order valence-electron chi connectivity index (χ2n) is 4.17. The van der Waals surface area contributed by atoms with Gasteiger partial charge in [0, 0.05) is 18.8 Å². The molecule has 0 spiro atoms. The lowest BCUT2D eigenvalue weighted by Gasteiger charge is -2.15. The molecule has 82 valence electrons. The van der Waals surface area contributed by atoms with Gasteiger partial charge in [-0.3, -0.25) is 0 Å². The molecule has 2 rings (SSSR count). The normalized spacial score (nSPS) is 19.4. The van der Waals surface area contributed by atoms with Gasteiger partial charge in [-0.15, -0.1) is 0 Å². The fourth-order valence-corrected chi connectivity index (χ4v) is 2.24. The van der Waals surface area contributed by atoms with Gasteiger partial charge < -0.3 is 10.6 Å². The predicted octanol–water partition coefficient (Wildman–Crippen LogP) is 1.96. The Morgan fingerprint density at radius 1 is 1.27 bits per heavy atom. The summed E-state index contributed by atoms with van der Waals surface area (Å²) in [6.07, 6.45) is 2.22. The van der Waals surface area contributed by atoms with E-state index in [2.05, 4.69) is 36.9 Å². The van der Waals surface area contributed by atoms with Gasteiger partial charge in [0.1, 0.15) is 0 Å². The van der Waals surface area contributed by atoms with E-state index in [9.17, 15) is 0 Å². The molecule has 0 amide bonds. The smallest absolute Gasteiger partial charge is 0.0588 e. The van der Waals surface area contributed by atoms with Crippen LogP contribution in [0, 0.1) is 0 Å². The minimum atomic E-state index is 0.586. The molecule has 1 aromatic carbocycles. The van der Waals surface area contributed by atoms with E-state index in [0.29, 0.717) is 6.04 Å². The fraction of sp³-hybridized carbons (Fsp3) is 0.538. The van der Waals surface area contributed by atoms with Gasteiger partial charge in [0.05, 0.1) is 6.04 Å². The maximum Gasteiger partial charge on any atom is 0.0588 e. The monoisotopic (exact) mass is 204 g/mol. The summed E-state index contributed by atoms with van der Waals surface area (Å²) < 4.78 is 0. The molecule has 1 heterocycles. The van der Waals surface area contributed by atoms with Crippen molar-refractivity contribution in [3.63, 3.8) is 0 Å². The van der Waals surface area contributed by atoms with Crippen molar-refractivity contribution in [2.45, 2.75) is 32.7 Å². The number of benzene rings is 1. The van der Waals surface area contributed by atoms with Gasteiger partial charge in [-0.25, -0.2) is 0 Å². The minimum absolute atomic E-state index is 0.586. The second kappa shape index (κ2) is 4.23. The van der Waals surface area contributed by atoms with Crippen molar-refractivity contribution in [2.24, 2.45) is 5.73 Å². The minimum Gasteiger partial charge on any atom is -0.363 e. The van der Waals surface area contributed by atoms with Crippen molar-refractivity contribution in [1.29, 1.82) is 0 Å². The van der Waals surface area contributed by atoms with Crippen LogP contribution in [0.4, 0.5) is 5.69 Å². The van der Waals surface area contributed by atoms with Crippen LogP contribution in [-0.4, -0.2) is 19.1 Å². The first-order valence-electron chi connectivity index (χ1n) is 5.89. The van der Waals surface area contributed by atoms with E-state index >= 15 is 0 Å². The summed E-state index contributed by atoms with van der Waals surface area (Å²) >= 11 is 0. The van der Waals surface area contributed by atoms with Gasteiger partial charge in [0.25, 0.3) is 0 Å². The predicted molar refractivity (Wildman–Crippen MR) is 65.4 cm³/mol. The highest BCUT2D eigenvalue weighted by Gasteiger charge is 2.34. The van der Waals surface area contributed by atoms with Gasteiger partial charge in [0.2, 0.25) is 0 Å². The first-order valence-corrected chi connectivity index (χ1v) is 5.89. The van der Waals surface area contributed by atoms with Crippen molar-refractivity contribution >= 4 is 5.69 Å². The summed E-state index contributed by atoms with van der Waals surface area (Å²) in [5, 5.41) is 0. The van der Waals surface area contributed by atoms with Gasteiger partial charge in [-0.05, 0) is 24.0 Å². The Balaban J connectivity index is 2.34. The van der Waals surface area contributed by atoms with Crippen LogP contribution in [0.1, 0.15) is 25.0 Å². The van der Waals surface area contributed by atoms with Crippen LogP contribution in [0.2, 0.25) is 0 Å². The third-order valence-corrected chi connectivity index (χ3v) is 3.24. The molecule has 1 saturated heterocycles. The molecule has 0 bridgehead atoms. The van der Waals surface area contributed by atoms with Crippen LogP contribution < -0.4 is 10.6 Å². The fourth-order valence-electron chi connectivity index (χ4n) is 2.24. The van der Waals surface area contributed by atoms with Crippen LogP contribution in [0.3, 0.4) is 0 Å². The first-order chi connectivity index (χ1) is 7.31. The molecule has 0 radical (unpaired) electrons. The van der Waals surface area contributed by atoms with E-state index < -0.39 is 0 Å². The highest BCUT2D eigenvalue weighted by atomic mass is 15.3. The van der Waals surface area contributed by atoms with Gasteiger partial charge in [0.15, 0.2) is 0 Å². The van der Waals surface area contributed by atoms with Crippen molar-refractivity contribution < 1.29 is 0 Å². The molecule has 0 aliphatic carbocycles. The molecule has 0 saturated carbocycles. The molecule has 15 heavy (non-hydrogen) atoms. The molecule has 1 atom stereocenters. The highest BCUT2D eigenvalue weighted by molar-refractivity contribution is 5.64. The van der Waals surface area contributed by atoms with Crippen LogP contribution in [0.15, 0.2) is 18.2 Å². The van der Waals surface area contributed by atoms with Crippen LogP contribution in [-0.2, 0) is 12.8 Å². The Kier molecular flexibility index (Phi) is 2.96. The molecule has 1 aliphatic rings. The number of nitrogens with zero attached hydrogens (tertiary/aromatic N) is 1. The van der Waals surface area contributed by atoms with Gasteiger partial charge >= 0.3 is 0 Å². The Bertz CT molecular complexity index is 324. The van der Waals surface area contributed by atoms with Gasteiger partial charge in [-0.2, -0.15) is 0 Å². The lowest BCUT2D eigenvalue weighted by Crippen LogP contribution is -2.13. The largest absolute Gasteiger partial charge is 0.363 e. The number of para-hydroxylation sites is 1. The van der Waals surface area contributed by atoms with Crippen molar-refractivity contribution in [3.05, 3.63) is 29.3 Å². The quantitative estimate of drug-likeness (QED) is 0.760. The van der Waals surface area contributed by atoms with Crippen LogP contribution in [0.25, 0.3) is 0 Å². The maximum atomic E-state index is 5.70. The molecule has 1 fully saturated rings. The average Bonchev–Trinajstić information content (AvgIpc) is 3.06. The third kappa shape index (κ3) is 1.86. The molecule has 1 unspecified atom stereocenters. The summed E-state index contributed by atoms with van der Waals surface area (Å²) in [6.45, 7) is 6.36. The Morgan fingerprint density at radius 2 is 1.87 bits per heavy atom. The lowest BCUT2D eigenvalue weighted by molar-refractivity contribution is 0.955. The average molecular weight is 204 g/mol. The molecule has 2 N–H and O–H groups in total. The van der Waals surface area contributed by atoms with Crippen LogP contribution >= 0.6 is 0 Å².